The average Bonchev–Trinajstić information content (AvgIpc) is 4.07. The van der Waals surface area contributed by atoms with Gasteiger partial charge in [0.2, 0.25) is 0 Å². The van der Waals surface area contributed by atoms with Crippen molar-refractivity contribution >= 4 is 33.3 Å². The van der Waals surface area contributed by atoms with Crippen LogP contribution in [0, 0.1) is 5.92 Å². The lowest BCUT2D eigenvalue weighted by Crippen LogP contribution is -1.96. The number of hydrogen-bond donors (Lipinski definition) is 2. The Morgan fingerprint density at radius 3 is 1.80 bits per heavy atom. The molecule has 0 saturated heterocycles. The van der Waals surface area contributed by atoms with Gasteiger partial charge in [0, 0.05) is 60.6 Å². The molecule has 0 aromatic carbocycles. The minimum Gasteiger partial charge on any atom is -0.346 e. The maximum absolute atomic E-state index is 4.33. The number of H-pyrrole nitrogens is 2. The molecule has 8 rings (SSSR count). The summed E-state index contributed by atoms with van der Waals surface area (Å²) in [4.78, 5) is 31.3. The summed E-state index contributed by atoms with van der Waals surface area (Å²) in [6, 6.07) is 8.16. The van der Waals surface area contributed by atoms with Gasteiger partial charge in [0.25, 0.3) is 0 Å². The van der Waals surface area contributed by atoms with Crippen LogP contribution >= 0.6 is 0 Å². The van der Waals surface area contributed by atoms with Gasteiger partial charge in [-0.15, -0.1) is 0 Å². The fourth-order valence-electron chi connectivity index (χ4n) is 5.56. The summed E-state index contributed by atoms with van der Waals surface area (Å²) in [6.45, 7) is 33.4. The first-order chi connectivity index (χ1) is 27.1. The third-order valence-corrected chi connectivity index (χ3v) is 8.26. The van der Waals surface area contributed by atoms with Crippen LogP contribution in [0.15, 0.2) is 86.4 Å². The molecule has 1 aliphatic carbocycles. The van der Waals surface area contributed by atoms with Crippen molar-refractivity contribution in [1.82, 2.24) is 49.5 Å². The first-order valence-corrected chi connectivity index (χ1v) is 20.6. The minimum atomic E-state index is 0.518. The van der Waals surface area contributed by atoms with Crippen LogP contribution in [0.1, 0.15) is 157 Å². The van der Waals surface area contributed by atoms with Gasteiger partial charge < -0.3 is 9.97 Å². The number of rotatable bonds is 4. The number of aromatic nitrogens is 10. The molecule has 56 heavy (non-hydrogen) atoms. The van der Waals surface area contributed by atoms with Crippen molar-refractivity contribution in [2.75, 3.05) is 0 Å². The molecule has 0 amide bonds. The van der Waals surface area contributed by atoms with Gasteiger partial charge in [-0.05, 0) is 64.1 Å². The zero-order valence-corrected chi connectivity index (χ0v) is 37.2. The summed E-state index contributed by atoms with van der Waals surface area (Å²) in [5.74, 6) is 2.18. The second kappa shape index (κ2) is 26.5. The number of hydrogen-bond acceptors (Lipinski definition) is 7. The second-order valence-corrected chi connectivity index (χ2v) is 13.0. The van der Waals surface area contributed by atoms with Gasteiger partial charge in [0.15, 0.2) is 5.65 Å². The Morgan fingerprint density at radius 2 is 1.20 bits per heavy atom. The van der Waals surface area contributed by atoms with Crippen molar-refractivity contribution in [2.24, 2.45) is 5.92 Å². The zero-order valence-electron chi connectivity index (χ0n) is 37.2. The molecule has 0 radical (unpaired) electrons. The molecular formula is C46H70N10. The van der Waals surface area contributed by atoms with Gasteiger partial charge in [0.05, 0.1) is 11.4 Å². The van der Waals surface area contributed by atoms with Gasteiger partial charge in [-0.25, -0.2) is 24.5 Å². The maximum Gasteiger partial charge on any atom is 0.155 e. The fourth-order valence-corrected chi connectivity index (χ4v) is 5.56. The van der Waals surface area contributed by atoms with E-state index in [0.29, 0.717) is 23.7 Å². The largest absolute Gasteiger partial charge is 0.346 e. The summed E-state index contributed by atoms with van der Waals surface area (Å²) >= 11 is 0. The van der Waals surface area contributed by atoms with Crippen molar-refractivity contribution in [3.05, 3.63) is 114 Å². The van der Waals surface area contributed by atoms with Crippen molar-refractivity contribution < 1.29 is 0 Å². The molecule has 0 saturated carbocycles. The summed E-state index contributed by atoms with van der Waals surface area (Å²) in [5, 5.41) is 6.44. The van der Waals surface area contributed by atoms with Crippen LogP contribution in [0.3, 0.4) is 0 Å². The fraction of sp³-hybridized carbons (Fsp3) is 0.457. The summed E-state index contributed by atoms with van der Waals surface area (Å²) < 4.78 is 1.80. The lowest BCUT2D eigenvalue weighted by molar-refractivity contribution is 0.835. The molecule has 0 fully saturated rings. The summed E-state index contributed by atoms with van der Waals surface area (Å²) in [5.41, 5.74) is 10.3. The maximum atomic E-state index is 4.33. The van der Waals surface area contributed by atoms with Crippen LogP contribution in [0.25, 0.3) is 33.3 Å². The Balaban J connectivity index is 0.000000352. The minimum absolute atomic E-state index is 0.518. The molecule has 10 nitrogen and oxygen atoms in total. The van der Waals surface area contributed by atoms with Gasteiger partial charge >= 0.3 is 0 Å². The Labute approximate surface area is 337 Å². The van der Waals surface area contributed by atoms with E-state index in [0.717, 1.165) is 40.1 Å². The average molecular weight is 763 g/mol. The van der Waals surface area contributed by atoms with E-state index in [-0.39, 0.29) is 0 Å². The van der Waals surface area contributed by atoms with Crippen molar-refractivity contribution in [2.45, 2.75) is 135 Å². The van der Waals surface area contributed by atoms with Crippen LogP contribution in [0.4, 0.5) is 0 Å². The molecule has 2 N–H and O–H groups in total. The SMILES string of the molecule is CC.CC.CC.CC.CC(C)C1=CCc2nccnc21.CC(C)c1c[nH]c2ncccc12.CC(C)c1c[nH]c2ncncc12.CC(C)c1ccc2ncnn2c1. The molecule has 0 unspecified atom stereocenters. The van der Waals surface area contributed by atoms with E-state index < -0.39 is 0 Å². The lowest BCUT2D eigenvalue weighted by Gasteiger charge is -2.06. The molecule has 7 aromatic rings. The van der Waals surface area contributed by atoms with Crippen LogP contribution in [0.5, 0.6) is 0 Å². The van der Waals surface area contributed by atoms with Gasteiger partial charge in [0.1, 0.15) is 23.9 Å². The second-order valence-electron chi connectivity index (χ2n) is 13.0. The van der Waals surface area contributed by atoms with Gasteiger partial charge in [-0.3, -0.25) is 9.97 Å². The van der Waals surface area contributed by atoms with Crippen LogP contribution in [-0.2, 0) is 6.42 Å². The van der Waals surface area contributed by atoms with Crippen molar-refractivity contribution in [3.63, 3.8) is 0 Å². The molecule has 0 bridgehead atoms. The molecule has 0 atom stereocenters. The third-order valence-electron chi connectivity index (χ3n) is 8.26. The van der Waals surface area contributed by atoms with E-state index in [4.69, 9.17) is 0 Å². The van der Waals surface area contributed by atoms with Crippen molar-refractivity contribution in [1.29, 1.82) is 0 Å². The van der Waals surface area contributed by atoms with E-state index in [1.807, 2.05) is 98.5 Å². The van der Waals surface area contributed by atoms with E-state index in [9.17, 15) is 0 Å². The molecule has 0 aliphatic heterocycles. The topological polar surface area (TPSA) is 126 Å². The number of aromatic amines is 2. The molecule has 7 heterocycles. The first-order valence-electron chi connectivity index (χ1n) is 20.6. The predicted octanol–water partition coefficient (Wildman–Crippen LogP) is 12.8. The number of pyridine rings is 2. The highest BCUT2D eigenvalue weighted by atomic mass is 15.3. The quantitative estimate of drug-likeness (QED) is 0.183. The highest BCUT2D eigenvalue weighted by Gasteiger charge is 2.18. The van der Waals surface area contributed by atoms with Crippen LogP contribution in [0.2, 0.25) is 0 Å². The smallest absolute Gasteiger partial charge is 0.155 e. The van der Waals surface area contributed by atoms with E-state index in [1.165, 1.54) is 27.6 Å². The monoisotopic (exact) mass is 763 g/mol. The molecule has 1 aliphatic rings. The van der Waals surface area contributed by atoms with Gasteiger partial charge in [-0.2, -0.15) is 5.10 Å². The number of nitrogens with one attached hydrogen (secondary N) is 2. The molecule has 10 heteroatoms. The van der Waals surface area contributed by atoms with Crippen LogP contribution < -0.4 is 0 Å². The summed E-state index contributed by atoms with van der Waals surface area (Å²) in [7, 11) is 0. The lowest BCUT2D eigenvalue weighted by atomic mass is 10.0. The highest BCUT2D eigenvalue weighted by Crippen LogP contribution is 2.29. The van der Waals surface area contributed by atoms with E-state index in [1.54, 1.807) is 29.6 Å². The molecule has 304 valence electrons. The number of allylic oxidation sites excluding steroid dienone is 2. The molecule has 0 spiro atoms. The highest BCUT2D eigenvalue weighted by molar-refractivity contribution is 5.80. The number of fused-ring (bicyclic) bond motifs is 4. The normalized spacial score (nSPS) is 10.8. The molecule has 7 aromatic heterocycles. The Bertz CT molecular complexity index is 2020. The van der Waals surface area contributed by atoms with Crippen LogP contribution in [-0.4, -0.2) is 49.5 Å². The van der Waals surface area contributed by atoms with Crippen molar-refractivity contribution in [3.8, 4) is 0 Å². The summed E-state index contributed by atoms with van der Waals surface area (Å²) in [6.07, 6.45) is 19.6. The third kappa shape index (κ3) is 13.8. The predicted molar refractivity (Wildman–Crippen MR) is 239 cm³/mol. The van der Waals surface area contributed by atoms with E-state index in [2.05, 4.69) is 119 Å². The van der Waals surface area contributed by atoms with E-state index >= 15 is 0 Å². The first kappa shape index (κ1) is 48.8. The Kier molecular flexibility index (Phi) is 23.1. The molecular weight excluding hydrogens is 693 g/mol. The van der Waals surface area contributed by atoms with Gasteiger partial charge in [-0.1, -0.05) is 123 Å². The zero-order chi connectivity index (χ0) is 42.2. The Hall–Kier alpha value is -5.25. The standard InChI is InChI=1S/2C10H12N2.2C9H11N3.4C2H6/c1-7(2)8-3-4-9-10(8)12-6-5-11-9;1-7(2)9-6-12-10-8(9)4-3-5-11-10;1-6(2)7-4-11-9-8(7)3-10-5-12-9;1-7(2)8-3-4-9-10-6-11-12(9)5-8;4*1-2/h3,5-7H,4H2,1-2H3;3-7H,1-2H3,(H,11,12);3-6H,1-2H3,(H,10,11,12);3-7H,1-2H3;4*1-2H3. The Morgan fingerprint density at radius 1 is 0.589 bits per heavy atom. The number of nitrogens with zero attached hydrogens (tertiary/aromatic N) is 8.